The number of nitrogens with zero attached hydrogens (tertiary/aromatic N) is 5. The Bertz CT molecular complexity index is 946. The summed E-state index contributed by atoms with van der Waals surface area (Å²) >= 11 is 7.44. The first-order valence-corrected chi connectivity index (χ1v) is 10.1. The number of morpholine rings is 1. The molecule has 7 nitrogen and oxygen atoms in total. The lowest BCUT2D eigenvalue weighted by atomic mass is 10.1. The van der Waals surface area contributed by atoms with E-state index in [1.54, 1.807) is 16.8 Å². The minimum absolute atomic E-state index is 0.0279. The number of hydrogen-bond donors (Lipinski definition) is 0. The van der Waals surface area contributed by atoms with Crippen molar-refractivity contribution >= 4 is 29.3 Å². The minimum atomic E-state index is -0.455. The van der Waals surface area contributed by atoms with E-state index in [9.17, 15) is 4.79 Å². The fourth-order valence-corrected chi connectivity index (χ4v) is 4.23. The fraction of sp³-hybridized carbons (Fsp3) is 0.263. The van der Waals surface area contributed by atoms with Gasteiger partial charge in [-0.2, -0.15) is 4.68 Å². The summed E-state index contributed by atoms with van der Waals surface area (Å²) in [4.78, 5) is 15.1. The van der Waals surface area contributed by atoms with Crippen LogP contribution in [0.2, 0.25) is 5.02 Å². The van der Waals surface area contributed by atoms with E-state index in [1.807, 2.05) is 47.4 Å². The molecular formula is C19H18ClN5O2S. The molecule has 1 aliphatic rings. The number of hydrogen-bond acceptors (Lipinski definition) is 6. The van der Waals surface area contributed by atoms with Gasteiger partial charge in [0.2, 0.25) is 11.1 Å². The van der Waals surface area contributed by atoms with Crippen molar-refractivity contribution in [1.82, 2.24) is 25.1 Å². The molecule has 0 spiro atoms. The van der Waals surface area contributed by atoms with E-state index in [-0.39, 0.29) is 5.91 Å². The molecule has 1 atom stereocenters. The first kappa shape index (κ1) is 18.9. The van der Waals surface area contributed by atoms with E-state index in [1.165, 1.54) is 11.8 Å². The molecule has 0 aliphatic carbocycles. The van der Waals surface area contributed by atoms with Crippen LogP contribution in [0.1, 0.15) is 10.8 Å². The zero-order valence-corrected chi connectivity index (χ0v) is 16.5. The van der Waals surface area contributed by atoms with E-state index in [4.69, 9.17) is 16.3 Å². The highest BCUT2D eigenvalue weighted by molar-refractivity contribution is 8.00. The van der Waals surface area contributed by atoms with Gasteiger partial charge in [0.05, 0.1) is 18.9 Å². The van der Waals surface area contributed by atoms with Gasteiger partial charge in [-0.25, -0.2) is 0 Å². The van der Waals surface area contributed by atoms with Crippen molar-refractivity contribution in [3.8, 4) is 5.69 Å². The van der Waals surface area contributed by atoms with Gasteiger partial charge in [0, 0.05) is 18.1 Å². The van der Waals surface area contributed by atoms with E-state index >= 15 is 0 Å². The lowest BCUT2D eigenvalue weighted by molar-refractivity contribution is -0.134. The largest absolute Gasteiger partial charge is 0.378 e. The van der Waals surface area contributed by atoms with Crippen molar-refractivity contribution in [3.63, 3.8) is 0 Å². The van der Waals surface area contributed by atoms with Gasteiger partial charge in [-0.1, -0.05) is 59.8 Å². The Labute approximate surface area is 171 Å². The molecule has 3 aromatic rings. The Kier molecular flexibility index (Phi) is 5.90. The lowest BCUT2D eigenvalue weighted by Crippen LogP contribution is -2.42. The normalized spacial score (nSPS) is 15.4. The number of rotatable bonds is 5. The summed E-state index contributed by atoms with van der Waals surface area (Å²) in [6, 6.07) is 17.0. The van der Waals surface area contributed by atoms with Gasteiger partial charge in [0.25, 0.3) is 0 Å². The molecule has 2 heterocycles. The molecule has 0 radical (unpaired) electrons. The lowest BCUT2D eigenvalue weighted by Gasteiger charge is -2.30. The highest BCUT2D eigenvalue weighted by Crippen LogP contribution is 2.36. The van der Waals surface area contributed by atoms with Crippen molar-refractivity contribution in [2.45, 2.75) is 10.4 Å². The van der Waals surface area contributed by atoms with Gasteiger partial charge in [-0.15, -0.1) is 5.10 Å². The average molecular weight is 416 g/mol. The number of tetrazole rings is 1. The van der Waals surface area contributed by atoms with Gasteiger partial charge < -0.3 is 9.64 Å². The van der Waals surface area contributed by atoms with Gasteiger partial charge in [0.15, 0.2) is 0 Å². The molecule has 1 aromatic heterocycles. The number of thioether (sulfide) groups is 1. The van der Waals surface area contributed by atoms with Crippen LogP contribution in [0.3, 0.4) is 0 Å². The van der Waals surface area contributed by atoms with Crippen molar-refractivity contribution in [2.75, 3.05) is 26.3 Å². The molecule has 0 unspecified atom stereocenters. The summed E-state index contributed by atoms with van der Waals surface area (Å²) in [6.45, 7) is 2.28. The van der Waals surface area contributed by atoms with Crippen LogP contribution in [0.4, 0.5) is 0 Å². The van der Waals surface area contributed by atoms with Crippen LogP contribution in [0.15, 0.2) is 59.8 Å². The third-order valence-electron chi connectivity index (χ3n) is 4.37. The van der Waals surface area contributed by atoms with Crippen molar-refractivity contribution in [2.24, 2.45) is 0 Å². The Morgan fingerprint density at radius 3 is 2.64 bits per heavy atom. The fourth-order valence-electron chi connectivity index (χ4n) is 2.97. The van der Waals surface area contributed by atoms with Crippen LogP contribution in [0.25, 0.3) is 5.69 Å². The van der Waals surface area contributed by atoms with E-state index in [0.29, 0.717) is 36.5 Å². The molecule has 0 saturated carbocycles. The first-order chi connectivity index (χ1) is 13.7. The SMILES string of the molecule is O=C([C@H](Sc1nnnn1-c1cccc(Cl)c1)c1ccccc1)N1CCOCC1. The molecule has 28 heavy (non-hydrogen) atoms. The number of ether oxygens (including phenoxy) is 1. The number of benzene rings is 2. The van der Waals surface area contributed by atoms with E-state index in [2.05, 4.69) is 15.5 Å². The van der Waals surface area contributed by atoms with E-state index < -0.39 is 5.25 Å². The standard InChI is InChI=1S/C19H18ClN5O2S/c20-15-7-4-8-16(13-15)25-19(21-22-23-25)28-17(14-5-2-1-3-6-14)18(26)24-9-11-27-12-10-24/h1-8,13,17H,9-12H2/t17-/m1/s1. The summed E-state index contributed by atoms with van der Waals surface area (Å²) in [5.41, 5.74) is 1.65. The number of aromatic nitrogens is 4. The number of carbonyl (C=O) groups is 1. The van der Waals surface area contributed by atoms with Crippen molar-refractivity contribution in [1.29, 1.82) is 0 Å². The highest BCUT2D eigenvalue weighted by atomic mass is 35.5. The van der Waals surface area contributed by atoms with Gasteiger partial charge >= 0.3 is 0 Å². The van der Waals surface area contributed by atoms with Crippen LogP contribution >= 0.6 is 23.4 Å². The van der Waals surface area contributed by atoms with Crippen LogP contribution in [-0.2, 0) is 9.53 Å². The molecule has 9 heteroatoms. The van der Waals surface area contributed by atoms with Gasteiger partial charge in [0.1, 0.15) is 5.25 Å². The topological polar surface area (TPSA) is 73.1 Å². The minimum Gasteiger partial charge on any atom is -0.378 e. The highest BCUT2D eigenvalue weighted by Gasteiger charge is 2.30. The second kappa shape index (κ2) is 8.72. The van der Waals surface area contributed by atoms with Crippen LogP contribution in [0.5, 0.6) is 0 Å². The quantitative estimate of drug-likeness (QED) is 0.596. The van der Waals surface area contributed by atoms with Crippen LogP contribution in [0, 0.1) is 0 Å². The molecule has 2 aromatic carbocycles. The molecule has 4 rings (SSSR count). The predicted molar refractivity (Wildman–Crippen MR) is 107 cm³/mol. The summed E-state index contributed by atoms with van der Waals surface area (Å²) in [7, 11) is 0. The summed E-state index contributed by atoms with van der Waals surface area (Å²) < 4.78 is 6.98. The molecular weight excluding hydrogens is 398 g/mol. The van der Waals surface area contributed by atoms with Crippen molar-refractivity contribution < 1.29 is 9.53 Å². The summed E-state index contributed by atoms with van der Waals surface area (Å²) in [5, 5.41) is 12.7. The molecule has 1 saturated heterocycles. The molecule has 1 fully saturated rings. The maximum absolute atomic E-state index is 13.3. The monoisotopic (exact) mass is 415 g/mol. The molecule has 1 amide bonds. The second-order valence-electron chi connectivity index (χ2n) is 6.20. The molecule has 0 N–H and O–H groups in total. The third-order valence-corrected chi connectivity index (χ3v) is 5.78. The van der Waals surface area contributed by atoms with E-state index in [0.717, 1.165) is 11.3 Å². The van der Waals surface area contributed by atoms with Crippen LogP contribution in [-0.4, -0.2) is 57.3 Å². The van der Waals surface area contributed by atoms with Crippen LogP contribution < -0.4 is 0 Å². The Morgan fingerprint density at radius 1 is 1.11 bits per heavy atom. The van der Waals surface area contributed by atoms with Crippen molar-refractivity contribution in [3.05, 3.63) is 65.2 Å². The third kappa shape index (κ3) is 4.19. The number of carbonyl (C=O) groups excluding carboxylic acids is 1. The summed E-state index contributed by atoms with van der Waals surface area (Å²) in [6.07, 6.45) is 0. The molecule has 144 valence electrons. The Hall–Kier alpha value is -2.42. The molecule has 1 aliphatic heterocycles. The summed E-state index contributed by atoms with van der Waals surface area (Å²) in [5.74, 6) is 0.0279. The zero-order chi connectivity index (χ0) is 19.3. The van der Waals surface area contributed by atoms with Gasteiger partial charge in [-0.3, -0.25) is 4.79 Å². The number of amides is 1. The molecule has 0 bridgehead atoms. The Morgan fingerprint density at radius 2 is 1.89 bits per heavy atom. The number of halogens is 1. The second-order valence-corrected chi connectivity index (χ2v) is 7.71. The predicted octanol–water partition coefficient (Wildman–Crippen LogP) is 3.01. The average Bonchev–Trinajstić information content (AvgIpc) is 3.21. The van der Waals surface area contributed by atoms with Gasteiger partial charge in [-0.05, 0) is 34.2 Å². The zero-order valence-electron chi connectivity index (χ0n) is 14.9. The Balaban J connectivity index is 1.65. The smallest absolute Gasteiger partial charge is 0.240 e. The first-order valence-electron chi connectivity index (χ1n) is 8.85. The maximum atomic E-state index is 13.3. The maximum Gasteiger partial charge on any atom is 0.240 e.